The molecule has 2 nitrogen and oxygen atoms in total. The lowest BCUT2D eigenvalue weighted by Gasteiger charge is -2.08. The standard InChI is InChI=1S/C16H10FNO/c17-13-4-5-14(12(8-13)10-19)16-3-1-2-11-9-18-7-6-15(11)16/h1-10H. The summed E-state index contributed by atoms with van der Waals surface area (Å²) in [5.74, 6) is -0.409. The molecule has 3 rings (SSSR count). The zero-order chi connectivity index (χ0) is 13.2. The van der Waals surface area contributed by atoms with Crippen LogP contribution in [-0.2, 0) is 0 Å². The maximum absolute atomic E-state index is 13.2. The first kappa shape index (κ1) is 11.5. The molecule has 3 heteroatoms. The molecule has 0 saturated heterocycles. The number of halogens is 1. The lowest BCUT2D eigenvalue weighted by Crippen LogP contribution is -1.90. The lowest BCUT2D eigenvalue weighted by atomic mass is 9.96. The molecular weight excluding hydrogens is 241 g/mol. The molecule has 2 aromatic carbocycles. The number of hydrogen-bond acceptors (Lipinski definition) is 2. The van der Waals surface area contributed by atoms with Crippen molar-refractivity contribution in [3.63, 3.8) is 0 Å². The molecule has 0 aliphatic heterocycles. The van der Waals surface area contributed by atoms with Gasteiger partial charge in [-0.3, -0.25) is 9.78 Å². The largest absolute Gasteiger partial charge is 0.298 e. The molecular formula is C16H10FNO. The van der Waals surface area contributed by atoms with Gasteiger partial charge in [0.25, 0.3) is 0 Å². The molecule has 0 N–H and O–H groups in total. The highest BCUT2D eigenvalue weighted by Gasteiger charge is 2.09. The summed E-state index contributed by atoms with van der Waals surface area (Å²) in [6.07, 6.45) is 4.15. The van der Waals surface area contributed by atoms with Crippen LogP contribution in [0.4, 0.5) is 4.39 Å². The molecule has 0 radical (unpaired) electrons. The third kappa shape index (κ3) is 1.99. The normalized spacial score (nSPS) is 10.6. The summed E-state index contributed by atoms with van der Waals surface area (Å²) in [5, 5.41) is 1.98. The average molecular weight is 251 g/mol. The van der Waals surface area contributed by atoms with Crippen molar-refractivity contribution in [3.8, 4) is 11.1 Å². The summed E-state index contributed by atoms with van der Waals surface area (Å²) in [6, 6.07) is 11.9. The van der Waals surface area contributed by atoms with Crippen molar-refractivity contribution < 1.29 is 9.18 Å². The molecule has 0 aliphatic carbocycles. The Morgan fingerprint density at radius 1 is 1.05 bits per heavy atom. The molecule has 0 bridgehead atoms. The number of hydrogen-bond donors (Lipinski definition) is 0. The maximum atomic E-state index is 13.2. The smallest absolute Gasteiger partial charge is 0.150 e. The van der Waals surface area contributed by atoms with Gasteiger partial charge in [0.2, 0.25) is 0 Å². The van der Waals surface area contributed by atoms with Crippen LogP contribution < -0.4 is 0 Å². The van der Waals surface area contributed by atoms with Gasteiger partial charge in [0, 0.05) is 23.3 Å². The van der Waals surface area contributed by atoms with E-state index in [1.807, 2.05) is 24.3 Å². The van der Waals surface area contributed by atoms with Gasteiger partial charge in [-0.2, -0.15) is 0 Å². The number of carbonyl (C=O) groups is 1. The molecule has 0 saturated carbocycles. The van der Waals surface area contributed by atoms with E-state index in [4.69, 9.17) is 0 Å². The number of carbonyl (C=O) groups excluding carboxylic acids is 1. The fourth-order valence-electron chi connectivity index (χ4n) is 2.23. The van der Waals surface area contributed by atoms with Crippen LogP contribution in [-0.4, -0.2) is 11.3 Å². The fourth-order valence-corrected chi connectivity index (χ4v) is 2.23. The van der Waals surface area contributed by atoms with Crippen LogP contribution in [0.5, 0.6) is 0 Å². The highest BCUT2D eigenvalue weighted by molar-refractivity contribution is 6.00. The first-order chi connectivity index (χ1) is 9.29. The molecule has 0 unspecified atom stereocenters. The molecule has 92 valence electrons. The van der Waals surface area contributed by atoms with Crippen LogP contribution in [0.2, 0.25) is 0 Å². The molecule has 19 heavy (non-hydrogen) atoms. The fraction of sp³-hybridized carbons (Fsp3) is 0. The highest BCUT2D eigenvalue weighted by atomic mass is 19.1. The Bertz CT molecular complexity index is 762. The van der Waals surface area contributed by atoms with Crippen molar-refractivity contribution in [2.75, 3.05) is 0 Å². The van der Waals surface area contributed by atoms with E-state index >= 15 is 0 Å². The molecule has 3 aromatic rings. The Hall–Kier alpha value is -2.55. The topological polar surface area (TPSA) is 30.0 Å². The molecule has 0 aliphatic rings. The second-order valence-electron chi connectivity index (χ2n) is 4.25. The van der Waals surface area contributed by atoms with Crippen LogP contribution in [0.25, 0.3) is 21.9 Å². The zero-order valence-electron chi connectivity index (χ0n) is 10.0. The summed E-state index contributed by atoms with van der Waals surface area (Å²) in [7, 11) is 0. The quantitative estimate of drug-likeness (QED) is 0.647. The van der Waals surface area contributed by atoms with Crippen molar-refractivity contribution in [2.45, 2.75) is 0 Å². The monoisotopic (exact) mass is 251 g/mol. The molecule has 0 amide bonds. The molecule has 0 spiro atoms. The molecule has 1 heterocycles. The Morgan fingerprint density at radius 2 is 1.95 bits per heavy atom. The van der Waals surface area contributed by atoms with Crippen molar-refractivity contribution in [3.05, 3.63) is 66.2 Å². The molecule has 0 atom stereocenters. The number of rotatable bonds is 2. The van der Waals surface area contributed by atoms with Gasteiger partial charge in [-0.25, -0.2) is 4.39 Å². The van der Waals surface area contributed by atoms with E-state index in [9.17, 15) is 9.18 Å². The van der Waals surface area contributed by atoms with Crippen LogP contribution in [0.15, 0.2) is 54.9 Å². The average Bonchev–Trinajstić information content (AvgIpc) is 2.46. The summed E-state index contributed by atoms with van der Waals surface area (Å²) in [4.78, 5) is 15.2. The van der Waals surface area contributed by atoms with Gasteiger partial charge in [0.15, 0.2) is 6.29 Å². The first-order valence-electron chi connectivity index (χ1n) is 5.87. The van der Waals surface area contributed by atoms with Gasteiger partial charge >= 0.3 is 0 Å². The second-order valence-corrected chi connectivity index (χ2v) is 4.25. The number of benzene rings is 2. The minimum absolute atomic E-state index is 0.351. The van der Waals surface area contributed by atoms with E-state index in [2.05, 4.69) is 4.98 Å². The molecule has 1 aromatic heterocycles. The SMILES string of the molecule is O=Cc1cc(F)ccc1-c1cccc2cnccc12. The predicted molar refractivity (Wildman–Crippen MR) is 72.5 cm³/mol. The van der Waals surface area contributed by atoms with E-state index < -0.39 is 5.82 Å². The van der Waals surface area contributed by atoms with Gasteiger partial charge in [0.1, 0.15) is 5.82 Å². The summed E-state index contributed by atoms with van der Waals surface area (Å²) < 4.78 is 13.2. The number of aldehydes is 1. The van der Waals surface area contributed by atoms with E-state index in [1.54, 1.807) is 18.5 Å². The third-order valence-corrected chi connectivity index (χ3v) is 3.11. The van der Waals surface area contributed by atoms with Crippen LogP contribution >= 0.6 is 0 Å². The van der Waals surface area contributed by atoms with E-state index in [1.165, 1.54) is 12.1 Å². The highest BCUT2D eigenvalue weighted by Crippen LogP contribution is 2.30. The second kappa shape index (κ2) is 4.61. The Balaban J connectivity index is 2.33. The van der Waals surface area contributed by atoms with Crippen molar-refractivity contribution in [2.24, 2.45) is 0 Å². The van der Waals surface area contributed by atoms with Crippen molar-refractivity contribution >= 4 is 17.1 Å². The Morgan fingerprint density at radius 3 is 2.79 bits per heavy atom. The van der Waals surface area contributed by atoms with E-state index in [0.29, 0.717) is 11.8 Å². The van der Waals surface area contributed by atoms with Crippen molar-refractivity contribution in [1.82, 2.24) is 4.98 Å². The molecule has 0 fully saturated rings. The number of pyridine rings is 1. The van der Waals surface area contributed by atoms with Crippen LogP contribution in [0.3, 0.4) is 0 Å². The van der Waals surface area contributed by atoms with E-state index in [-0.39, 0.29) is 0 Å². The van der Waals surface area contributed by atoms with Crippen LogP contribution in [0, 0.1) is 5.82 Å². The van der Waals surface area contributed by atoms with Gasteiger partial charge in [-0.15, -0.1) is 0 Å². The van der Waals surface area contributed by atoms with Gasteiger partial charge in [0.05, 0.1) is 0 Å². The number of nitrogens with zero attached hydrogens (tertiary/aromatic N) is 1. The zero-order valence-corrected chi connectivity index (χ0v) is 10.0. The summed E-state index contributed by atoms with van der Waals surface area (Å²) >= 11 is 0. The summed E-state index contributed by atoms with van der Waals surface area (Å²) in [5.41, 5.74) is 1.99. The number of aromatic nitrogens is 1. The lowest BCUT2D eigenvalue weighted by molar-refractivity contribution is 0.112. The number of fused-ring (bicyclic) bond motifs is 1. The third-order valence-electron chi connectivity index (χ3n) is 3.11. The minimum atomic E-state index is -0.409. The van der Waals surface area contributed by atoms with Crippen LogP contribution in [0.1, 0.15) is 10.4 Å². The van der Waals surface area contributed by atoms with Gasteiger partial charge in [-0.05, 0) is 34.7 Å². The van der Waals surface area contributed by atoms with Gasteiger partial charge in [-0.1, -0.05) is 24.3 Å². The Labute approximate surface area is 109 Å². The van der Waals surface area contributed by atoms with Gasteiger partial charge < -0.3 is 0 Å². The van der Waals surface area contributed by atoms with Crippen molar-refractivity contribution in [1.29, 1.82) is 0 Å². The maximum Gasteiger partial charge on any atom is 0.150 e. The minimum Gasteiger partial charge on any atom is -0.298 e. The predicted octanol–water partition coefficient (Wildman–Crippen LogP) is 3.85. The first-order valence-corrected chi connectivity index (χ1v) is 5.87. The summed E-state index contributed by atoms with van der Waals surface area (Å²) in [6.45, 7) is 0. The van der Waals surface area contributed by atoms with E-state index in [0.717, 1.165) is 21.9 Å². The Kier molecular flexibility index (Phi) is 2.80.